The van der Waals surface area contributed by atoms with Gasteiger partial charge < -0.3 is 29.0 Å². The molecule has 0 aromatic heterocycles. The fourth-order valence-electron chi connectivity index (χ4n) is 6.61. The fraction of sp³-hybridized carbons (Fsp3) is 0.710. The number of ether oxygens (including phenoxy) is 2. The van der Waals surface area contributed by atoms with Gasteiger partial charge in [0.15, 0.2) is 0 Å². The van der Waals surface area contributed by atoms with Gasteiger partial charge in [-0.1, -0.05) is 41.9 Å². The monoisotopic (exact) mass is 611 g/mol. The van der Waals surface area contributed by atoms with Crippen LogP contribution in [-0.2, 0) is 35.0 Å². The number of rotatable bonds is 10. The van der Waals surface area contributed by atoms with E-state index in [2.05, 4.69) is 15.3 Å². The number of hydrogen-bond donors (Lipinski definition) is 1. The summed E-state index contributed by atoms with van der Waals surface area (Å²) in [5.74, 6) is -1.29. The molecule has 2 saturated heterocycles. The van der Waals surface area contributed by atoms with Crippen molar-refractivity contribution >= 4 is 25.1 Å². The van der Waals surface area contributed by atoms with Crippen LogP contribution in [0, 0.1) is 17.8 Å². The van der Waals surface area contributed by atoms with Gasteiger partial charge in [-0.15, -0.1) is 0 Å². The topological polar surface area (TPSA) is 152 Å². The molecule has 2 amide bonds. The summed E-state index contributed by atoms with van der Waals surface area (Å²) in [7, 11) is -0.392. The summed E-state index contributed by atoms with van der Waals surface area (Å²) in [4.78, 5) is 43.8. The number of benzene rings is 1. The third-order valence-electron chi connectivity index (χ3n) is 9.38. The molecule has 1 saturated carbocycles. The third-order valence-corrected chi connectivity index (χ3v) is 9.38. The van der Waals surface area contributed by atoms with Gasteiger partial charge in [0.05, 0.1) is 11.2 Å². The van der Waals surface area contributed by atoms with Crippen LogP contribution in [0.4, 0.5) is 4.79 Å². The number of amides is 2. The Balaban J connectivity index is 1.48. The molecule has 3 aliphatic rings. The Hall–Kier alpha value is -3.28. The summed E-state index contributed by atoms with van der Waals surface area (Å²) in [6.45, 7) is 13.9. The van der Waals surface area contributed by atoms with Crippen molar-refractivity contribution < 1.29 is 33.2 Å². The average molecular weight is 612 g/mol. The number of nitrogens with zero attached hydrogens (tertiary/aromatic N) is 4. The molecule has 2 aliphatic heterocycles. The maximum atomic E-state index is 13.8. The van der Waals surface area contributed by atoms with Gasteiger partial charge >= 0.3 is 19.2 Å². The van der Waals surface area contributed by atoms with E-state index in [4.69, 9.17) is 18.8 Å². The van der Waals surface area contributed by atoms with Gasteiger partial charge in [0, 0.05) is 18.0 Å². The normalized spacial score (nSPS) is 26.9. The zero-order valence-electron chi connectivity index (χ0n) is 27.0. The molecule has 4 rings (SSSR count). The van der Waals surface area contributed by atoms with Crippen molar-refractivity contribution in [3.05, 3.63) is 46.3 Å². The number of esters is 1. The van der Waals surface area contributed by atoms with Crippen molar-refractivity contribution in [3.8, 4) is 0 Å². The molecule has 1 N–H and O–H groups in total. The zero-order valence-corrected chi connectivity index (χ0v) is 27.0. The van der Waals surface area contributed by atoms with E-state index in [-0.39, 0.29) is 43.2 Å². The highest BCUT2D eigenvalue weighted by molar-refractivity contribution is 6.45. The molecule has 240 valence electrons. The summed E-state index contributed by atoms with van der Waals surface area (Å²) < 4.78 is 23.4. The number of likely N-dealkylation sites (tertiary alicyclic amines) is 1. The number of azide groups is 1. The molecule has 1 aromatic carbocycles. The maximum absolute atomic E-state index is 13.8. The minimum Gasteiger partial charge on any atom is -0.460 e. The van der Waals surface area contributed by atoms with Crippen LogP contribution in [0.1, 0.15) is 73.3 Å². The van der Waals surface area contributed by atoms with Crippen LogP contribution in [0.5, 0.6) is 0 Å². The lowest BCUT2D eigenvalue weighted by Crippen LogP contribution is -2.46. The summed E-state index contributed by atoms with van der Waals surface area (Å²) in [5.41, 5.74) is 7.52. The predicted molar refractivity (Wildman–Crippen MR) is 164 cm³/mol. The highest BCUT2D eigenvalue weighted by Gasteiger charge is 2.61. The molecular formula is C31H46BN5O7. The Morgan fingerprint density at radius 1 is 1.11 bits per heavy atom. The van der Waals surface area contributed by atoms with E-state index < -0.39 is 41.5 Å². The summed E-state index contributed by atoms with van der Waals surface area (Å²) >= 11 is 0. The highest BCUT2D eigenvalue weighted by atomic mass is 16.7. The number of fused-ring (bicyclic) bond motifs is 1. The molecule has 13 heteroatoms. The molecule has 1 aliphatic carbocycles. The first-order valence-corrected chi connectivity index (χ1v) is 15.4. The molecule has 12 nitrogen and oxygen atoms in total. The standard InChI is InChI=1S/C31H46BN5O7/c1-28(2,3)42-27(40)34-17-25(38)37-18-22-16-31(35-36-33,26(39)41-20-21-12-9-8-10-13-21)24(23(22)19-37)14-11-15-32-43-29(4,5)30(6,7)44-32/h8-10,12-13,22-24H,11,14-20H2,1-7H3,(H,34,40)/t22-,23+,24?,31-/m0/s1. The van der Waals surface area contributed by atoms with Crippen molar-refractivity contribution in [3.63, 3.8) is 0 Å². The van der Waals surface area contributed by atoms with Gasteiger partial charge in [0.25, 0.3) is 0 Å². The second-order valence-corrected chi connectivity index (χ2v) is 14.2. The van der Waals surface area contributed by atoms with Crippen molar-refractivity contribution in [2.45, 2.75) is 103 Å². The lowest BCUT2D eigenvalue weighted by Gasteiger charge is -2.32. The molecular weight excluding hydrogens is 565 g/mol. The van der Waals surface area contributed by atoms with Gasteiger partial charge in [-0.05, 0) is 96.5 Å². The number of carbonyl (C=O) groups excluding carboxylic acids is 3. The van der Waals surface area contributed by atoms with E-state index in [9.17, 15) is 19.9 Å². The third kappa shape index (κ3) is 7.50. The van der Waals surface area contributed by atoms with Crippen LogP contribution >= 0.6 is 0 Å². The second kappa shape index (κ2) is 13.0. The van der Waals surface area contributed by atoms with Crippen molar-refractivity contribution in [2.24, 2.45) is 22.9 Å². The first-order chi connectivity index (χ1) is 20.6. The van der Waals surface area contributed by atoms with E-state index in [1.807, 2.05) is 58.0 Å². The second-order valence-electron chi connectivity index (χ2n) is 14.2. The Morgan fingerprint density at radius 3 is 2.39 bits per heavy atom. The molecule has 0 spiro atoms. The highest BCUT2D eigenvalue weighted by Crippen LogP contribution is 2.53. The number of alkyl carbamates (subject to hydrolysis) is 1. The van der Waals surface area contributed by atoms with Crippen LogP contribution in [0.2, 0.25) is 6.32 Å². The number of nitrogens with one attached hydrogen (secondary N) is 1. The first-order valence-electron chi connectivity index (χ1n) is 15.4. The fourth-order valence-corrected chi connectivity index (χ4v) is 6.61. The van der Waals surface area contributed by atoms with Gasteiger partial charge in [0.1, 0.15) is 24.3 Å². The van der Waals surface area contributed by atoms with Crippen molar-refractivity contribution in [2.75, 3.05) is 19.6 Å². The Morgan fingerprint density at radius 2 is 1.77 bits per heavy atom. The number of hydrogen-bond acceptors (Lipinski definition) is 8. The molecule has 44 heavy (non-hydrogen) atoms. The van der Waals surface area contributed by atoms with E-state index in [1.165, 1.54) is 0 Å². The van der Waals surface area contributed by atoms with Crippen LogP contribution in [0.3, 0.4) is 0 Å². The van der Waals surface area contributed by atoms with Gasteiger partial charge in [0.2, 0.25) is 5.91 Å². The van der Waals surface area contributed by atoms with Crippen molar-refractivity contribution in [1.82, 2.24) is 10.2 Å². The molecule has 2 heterocycles. The minimum absolute atomic E-state index is 0.0687. The molecule has 4 atom stereocenters. The van der Waals surface area contributed by atoms with E-state index in [0.29, 0.717) is 32.3 Å². The molecule has 0 radical (unpaired) electrons. The summed E-state index contributed by atoms with van der Waals surface area (Å²) in [6.07, 6.45) is 1.44. The van der Waals surface area contributed by atoms with E-state index >= 15 is 0 Å². The largest absolute Gasteiger partial charge is 0.460 e. The zero-order chi connectivity index (χ0) is 32.3. The SMILES string of the molecule is CC(C)(C)OC(=O)NCC(=O)N1C[C@@H]2C[C@@](N=[N+]=[N-])(C(=O)OCc3ccccc3)C(CCCB3OC(C)(C)C(C)(C)O3)[C@@H]2C1. The van der Waals surface area contributed by atoms with E-state index in [1.54, 1.807) is 25.7 Å². The Kier molecular flexibility index (Phi) is 9.92. The smallest absolute Gasteiger partial charge is 0.457 e. The number of carbonyl (C=O) groups is 3. The first kappa shape index (κ1) is 33.6. The molecule has 1 aromatic rings. The summed E-state index contributed by atoms with van der Waals surface area (Å²) in [6, 6.07) is 9.36. The average Bonchev–Trinajstić information content (AvgIpc) is 3.53. The van der Waals surface area contributed by atoms with Crippen LogP contribution in [-0.4, -0.2) is 72.0 Å². The summed E-state index contributed by atoms with van der Waals surface area (Å²) in [5, 5.41) is 6.70. The van der Waals surface area contributed by atoms with Crippen LogP contribution in [0.25, 0.3) is 10.4 Å². The Labute approximate surface area is 260 Å². The van der Waals surface area contributed by atoms with Gasteiger partial charge in [-0.2, -0.15) is 0 Å². The minimum atomic E-state index is -1.39. The van der Waals surface area contributed by atoms with Crippen LogP contribution < -0.4 is 5.32 Å². The van der Waals surface area contributed by atoms with E-state index in [0.717, 1.165) is 5.56 Å². The predicted octanol–water partition coefficient (Wildman–Crippen LogP) is 5.27. The molecule has 3 fully saturated rings. The lowest BCUT2D eigenvalue weighted by molar-refractivity contribution is -0.153. The van der Waals surface area contributed by atoms with Crippen molar-refractivity contribution in [1.29, 1.82) is 0 Å². The quantitative estimate of drug-likeness (QED) is 0.124. The molecule has 1 unspecified atom stereocenters. The maximum Gasteiger partial charge on any atom is 0.457 e. The van der Waals surface area contributed by atoms with Crippen LogP contribution in [0.15, 0.2) is 35.4 Å². The Bertz CT molecular complexity index is 1250. The van der Waals surface area contributed by atoms with Gasteiger partial charge in [-0.25, -0.2) is 4.79 Å². The van der Waals surface area contributed by atoms with Gasteiger partial charge in [-0.3, -0.25) is 9.59 Å². The lowest BCUT2D eigenvalue weighted by atomic mass is 9.75. The molecule has 0 bridgehead atoms.